The number of hydrogen-bond donors (Lipinski definition) is 3. The molecule has 1 aromatic heterocycles. The molecule has 1 rings (SSSR count). The molecule has 1 aromatic rings. The first-order chi connectivity index (χ1) is 10.4. The zero-order valence-electron chi connectivity index (χ0n) is 12.0. The summed E-state index contributed by atoms with van der Waals surface area (Å²) in [4.78, 5) is 37.1. The lowest BCUT2D eigenvalue weighted by atomic mass is 10.1. The number of carbonyl (C=O) groups excluding carboxylic acids is 2. The number of esters is 1. The van der Waals surface area contributed by atoms with Gasteiger partial charge in [-0.25, -0.2) is 4.79 Å². The lowest BCUT2D eigenvalue weighted by Gasteiger charge is -2.30. The van der Waals surface area contributed by atoms with Crippen LogP contribution in [0, 0.1) is 0 Å². The van der Waals surface area contributed by atoms with E-state index in [-0.39, 0.29) is 12.3 Å². The summed E-state index contributed by atoms with van der Waals surface area (Å²) in [6.45, 7) is 0.143. The van der Waals surface area contributed by atoms with Crippen LogP contribution in [0.2, 0.25) is 0 Å². The van der Waals surface area contributed by atoms with Crippen molar-refractivity contribution in [3.05, 3.63) is 22.4 Å². The van der Waals surface area contributed by atoms with Crippen molar-refractivity contribution in [2.24, 2.45) is 5.73 Å². The predicted molar refractivity (Wildman–Crippen MR) is 84.8 cm³/mol. The second kappa shape index (κ2) is 8.76. The van der Waals surface area contributed by atoms with Crippen LogP contribution in [0.25, 0.3) is 0 Å². The Kier molecular flexibility index (Phi) is 7.36. The number of methoxy groups -OCH3 is 1. The van der Waals surface area contributed by atoms with Gasteiger partial charge in [0.2, 0.25) is 5.91 Å². The average molecular weight is 346 g/mol. The first-order valence-corrected chi connectivity index (χ1v) is 7.90. The topological polar surface area (TPSA) is 110 Å². The Labute approximate surface area is 137 Å². The minimum absolute atomic E-state index is 0.0452. The van der Waals surface area contributed by atoms with Gasteiger partial charge in [-0.3, -0.25) is 9.59 Å². The molecule has 122 valence electrons. The van der Waals surface area contributed by atoms with Crippen LogP contribution < -0.4 is 5.73 Å². The van der Waals surface area contributed by atoms with Crippen LogP contribution in [0.5, 0.6) is 0 Å². The molecule has 0 bridgehead atoms. The lowest BCUT2D eigenvalue weighted by molar-refractivity contribution is -0.153. The van der Waals surface area contributed by atoms with Crippen molar-refractivity contribution in [3.8, 4) is 0 Å². The molecule has 2 atom stereocenters. The van der Waals surface area contributed by atoms with E-state index in [0.717, 1.165) is 4.88 Å². The van der Waals surface area contributed by atoms with Gasteiger partial charge in [-0.2, -0.15) is 12.6 Å². The SMILES string of the molecule is COC(=O)[C@@H](CS)N(Cc1cccs1)C(=O)[C@@H](N)CC(=O)O. The Morgan fingerprint density at radius 3 is 2.64 bits per heavy atom. The molecule has 1 heterocycles. The highest BCUT2D eigenvalue weighted by atomic mass is 32.1. The number of carbonyl (C=O) groups is 3. The number of ether oxygens (including phenoxy) is 1. The molecule has 0 radical (unpaired) electrons. The predicted octanol–water partition coefficient (Wildman–Crippen LogP) is 0.350. The molecule has 7 nitrogen and oxygen atoms in total. The van der Waals surface area contributed by atoms with Gasteiger partial charge in [0.25, 0.3) is 0 Å². The number of carboxylic acid groups (broad SMARTS) is 1. The molecule has 0 aromatic carbocycles. The van der Waals surface area contributed by atoms with E-state index < -0.39 is 36.4 Å². The zero-order valence-corrected chi connectivity index (χ0v) is 13.7. The summed E-state index contributed by atoms with van der Waals surface area (Å²) in [5, 5.41) is 10.6. The molecule has 0 spiro atoms. The maximum absolute atomic E-state index is 12.4. The lowest BCUT2D eigenvalue weighted by Crippen LogP contribution is -2.52. The molecule has 9 heteroatoms. The van der Waals surface area contributed by atoms with E-state index >= 15 is 0 Å². The van der Waals surface area contributed by atoms with Crippen molar-refractivity contribution in [2.75, 3.05) is 12.9 Å². The molecule has 0 unspecified atom stereocenters. The van der Waals surface area contributed by atoms with E-state index in [0.29, 0.717) is 0 Å². The number of thiophene rings is 1. The first kappa shape index (κ1) is 18.5. The van der Waals surface area contributed by atoms with Crippen molar-refractivity contribution < 1.29 is 24.2 Å². The summed E-state index contributed by atoms with van der Waals surface area (Å²) in [7, 11) is 1.21. The van der Waals surface area contributed by atoms with Crippen LogP contribution in [-0.4, -0.2) is 52.8 Å². The Hall–Kier alpha value is -1.58. The molecule has 0 aliphatic heterocycles. The van der Waals surface area contributed by atoms with Crippen LogP contribution in [0.1, 0.15) is 11.3 Å². The maximum atomic E-state index is 12.4. The van der Waals surface area contributed by atoms with Crippen LogP contribution in [0.3, 0.4) is 0 Å². The Morgan fingerprint density at radius 2 is 2.18 bits per heavy atom. The third kappa shape index (κ3) is 5.00. The zero-order chi connectivity index (χ0) is 16.7. The number of rotatable bonds is 8. The summed E-state index contributed by atoms with van der Waals surface area (Å²) in [5.41, 5.74) is 5.64. The van der Waals surface area contributed by atoms with E-state index in [2.05, 4.69) is 17.4 Å². The molecule has 0 aliphatic carbocycles. The molecule has 3 N–H and O–H groups in total. The Morgan fingerprint density at radius 1 is 1.50 bits per heavy atom. The molecule has 1 amide bonds. The summed E-state index contributed by atoms with van der Waals surface area (Å²) in [5.74, 6) is -2.39. The third-order valence-electron chi connectivity index (χ3n) is 2.92. The number of thiol groups is 1. The fraction of sp³-hybridized carbons (Fsp3) is 0.462. The largest absolute Gasteiger partial charge is 0.481 e. The van der Waals surface area contributed by atoms with Crippen molar-refractivity contribution in [1.82, 2.24) is 4.90 Å². The minimum Gasteiger partial charge on any atom is -0.481 e. The van der Waals surface area contributed by atoms with Crippen LogP contribution in [-0.2, 0) is 25.7 Å². The highest BCUT2D eigenvalue weighted by molar-refractivity contribution is 7.80. The van der Waals surface area contributed by atoms with E-state index in [4.69, 9.17) is 10.8 Å². The average Bonchev–Trinajstić information content (AvgIpc) is 2.98. The Bertz CT molecular complexity index is 521. The van der Waals surface area contributed by atoms with Crippen LogP contribution >= 0.6 is 24.0 Å². The molecule has 0 fully saturated rings. The van der Waals surface area contributed by atoms with Crippen molar-refractivity contribution in [2.45, 2.75) is 25.0 Å². The number of carboxylic acids is 1. The minimum atomic E-state index is -1.23. The van der Waals surface area contributed by atoms with Gasteiger partial charge in [0, 0.05) is 10.6 Å². The maximum Gasteiger partial charge on any atom is 0.329 e. The molecule has 0 saturated carbocycles. The van der Waals surface area contributed by atoms with Gasteiger partial charge in [0.05, 0.1) is 26.1 Å². The van der Waals surface area contributed by atoms with Crippen molar-refractivity contribution >= 4 is 41.8 Å². The number of amides is 1. The monoisotopic (exact) mass is 346 g/mol. The second-order valence-electron chi connectivity index (χ2n) is 4.47. The normalized spacial score (nSPS) is 13.2. The highest BCUT2D eigenvalue weighted by Crippen LogP contribution is 2.17. The molecule has 22 heavy (non-hydrogen) atoms. The van der Waals surface area contributed by atoms with Crippen LogP contribution in [0.4, 0.5) is 0 Å². The molecular weight excluding hydrogens is 328 g/mol. The van der Waals surface area contributed by atoms with E-state index in [1.807, 2.05) is 11.4 Å². The van der Waals surface area contributed by atoms with Gasteiger partial charge in [0.15, 0.2) is 0 Å². The quantitative estimate of drug-likeness (QED) is 0.463. The van der Waals surface area contributed by atoms with Gasteiger partial charge in [0.1, 0.15) is 6.04 Å². The third-order valence-corrected chi connectivity index (χ3v) is 4.13. The molecule has 0 aliphatic rings. The smallest absolute Gasteiger partial charge is 0.329 e. The number of nitrogens with zero attached hydrogens (tertiary/aromatic N) is 1. The number of aliphatic carboxylic acids is 1. The van der Waals surface area contributed by atoms with E-state index in [1.54, 1.807) is 6.07 Å². The first-order valence-electron chi connectivity index (χ1n) is 6.39. The molecule has 0 saturated heterocycles. The van der Waals surface area contributed by atoms with Gasteiger partial charge in [-0.15, -0.1) is 11.3 Å². The molecular formula is C13H18N2O5S2. The van der Waals surface area contributed by atoms with E-state index in [1.165, 1.54) is 23.3 Å². The van der Waals surface area contributed by atoms with Gasteiger partial charge >= 0.3 is 11.9 Å². The van der Waals surface area contributed by atoms with Gasteiger partial charge in [-0.05, 0) is 11.4 Å². The number of nitrogens with two attached hydrogens (primary N) is 1. The van der Waals surface area contributed by atoms with Gasteiger partial charge in [-0.1, -0.05) is 6.07 Å². The summed E-state index contributed by atoms with van der Waals surface area (Å²) >= 11 is 5.50. The second-order valence-corrected chi connectivity index (χ2v) is 5.87. The standard InChI is InChI=1S/C13H18N2O5S2/c1-20-13(19)10(7-21)15(6-8-3-2-4-22-8)12(18)9(14)5-11(16)17/h2-4,9-10,21H,5-7,14H2,1H3,(H,16,17)/t9-,10+/m0/s1. The van der Waals surface area contributed by atoms with Crippen LogP contribution in [0.15, 0.2) is 17.5 Å². The highest BCUT2D eigenvalue weighted by Gasteiger charge is 2.33. The number of hydrogen-bond acceptors (Lipinski definition) is 7. The Balaban J connectivity index is 3.01. The summed E-state index contributed by atoms with van der Waals surface area (Å²) in [6.07, 6.45) is -0.514. The van der Waals surface area contributed by atoms with Crippen molar-refractivity contribution in [3.63, 3.8) is 0 Å². The van der Waals surface area contributed by atoms with Crippen molar-refractivity contribution in [1.29, 1.82) is 0 Å². The fourth-order valence-corrected chi connectivity index (χ4v) is 2.89. The van der Waals surface area contributed by atoms with E-state index in [9.17, 15) is 14.4 Å². The van der Waals surface area contributed by atoms with Gasteiger partial charge < -0.3 is 20.5 Å². The fourth-order valence-electron chi connectivity index (χ4n) is 1.84. The summed E-state index contributed by atoms with van der Waals surface area (Å²) in [6, 6.07) is 1.46. The summed E-state index contributed by atoms with van der Waals surface area (Å²) < 4.78 is 4.68.